The van der Waals surface area contributed by atoms with Gasteiger partial charge in [-0.1, -0.05) is 29.8 Å². The second-order valence-electron chi connectivity index (χ2n) is 8.38. The lowest BCUT2D eigenvalue weighted by atomic mass is 10.0. The first kappa shape index (κ1) is 25.9. The number of sulfonamides is 1. The predicted molar refractivity (Wildman–Crippen MR) is 137 cm³/mol. The van der Waals surface area contributed by atoms with Crippen LogP contribution in [0.25, 0.3) is 11.6 Å². The zero-order valence-corrected chi connectivity index (χ0v) is 21.4. The maximum Gasteiger partial charge on any atom is 0.264 e. The number of rotatable bonds is 6. The van der Waals surface area contributed by atoms with Crippen molar-refractivity contribution in [3.05, 3.63) is 82.4 Å². The van der Waals surface area contributed by atoms with E-state index >= 15 is 0 Å². The molecule has 1 aliphatic rings. The Labute approximate surface area is 213 Å². The highest BCUT2D eigenvalue weighted by molar-refractivity contribution is 7.92. The summed E-state index contributed by atoms with van der Waals surface area (Å²) in [5.41, 5.74) is 7.56. The van der Waals surface area contributed by atoms with E-state index in [1.807, 2.05) is 0 Å². The minimum absolute atomic E-state index is 0.0753. The zero-order chi connectivity index (χ0) is 26.2. The molecule has 4 rings (SSSR count). The fourth-order valence-electron chi connectivity index (χ4n) is 4.23. The van der Waals surface area contributed by atoms with Gasteiger partial charge in [0.05, 0.1) is 28.8 Å². The molecule has 0 aromatic heterocycles. The van der Waals surface area contributed by atoms with Gasteiger partial charge in [0, 0.05) is 18.2 Å². The van der Waals surface area contributed by atoms with E-state index in [0.717, 1.165) is 12.1 Å². The van der Waals surface area contributed by atoms with Crippen LogP contribution in [0.1, 0.15) is 25.0 Å². The summed E-state index contributed by atoms with van der Waals surface area (Å²) in [7, 11) is -2.92. The van der Waals surface area contributed by atoms with E-state index in [0.29, 0.717) is 16.9 Å². The number of nitrogens with zero attached hydrogens (tertiary/aromatic N) is 1. The fraction of sp³-hybridized carbons (Fsp3) is 0.231. The van der Waals surface area contributed by atoms with Gasteiger partial charge in [0.25, 0.3) is 10.0 Å². The summed E-state index contributed by atoms with van der Waals surface area (Å²) in [6.07, 6.45) is 1.09. The molecule has 0 unspecified atom stereocenters. The number of benzene rings is 3. The molecule has 6 nitrogen and oxygen atoms in total. The average Bonchev–Trinajstić information content (AvgIpc) is 2.83. The Morgan fingerprint density at radius 3 is 2.58 bits per heavy atom. The van der Waals surface area contributed by atoms with Crippen molar-refractivity contribution in [3.63, 3.8) is 0 Å². The number of hydrogen-bond donors (Lipinski definition) is 1. The highest BCUT2D eigenvalue weighted by atomic mass is 35.5. The molecule has 1 heterocycles. The lowest BCUT2D eigenvalue weighted by Gasteiger charge is -2.40. The smallest absolute Gasteiger partial charge is 0.264 e. The van der Waals surface area contributed by atoms with Crippen LogP contribution < -0.4 is 19.5 Å². The Balaban J connectivity index is 1.85. The van der Waals surface area contributed by atoms with Crippen LogP contribution in [-0.2, 0) is 10.0 Å². The minimum atomic E-state index is -4.18. The van der Waals surface area contributed by atoms with Gasteiger partial charge in [-0.25, -0.2) is 17.2 Å². The molecule has 0 bridgehead atoms. The fourth-order valence-corrected chi connectivity index (χ4v) is 6.24. The van der Waals surface area contributed by atoms with Crippen LogP contribution in [0.3, 0.4) is 0 Å². The molecule has 36 heavy (non-hydrogen) atoms. The molecule has 1 aliphatic heterocycles. The predicted octanol–water partition coefficient (Wildman–Crippen LogP) is 5.49. The monoisotopic (exact) mass is 534 g/mol. The molecule has 2 N–H and O–H groups in total. The molecule has 3 aromatic rings. The number of hydrogen-bond acceptors (Lipinski definition) is 5. The maximum absolute atomic E-state index is 14.4. The van der Waals surface area contributed by atoms with Gasteiger partial charge in [0.1, 0.15) is 17.7 Å². The molecule has 3 aromatic carbocycles. The Hall–Kier alpha value is -3.14. The number of fused-ring (bicyclic) bond motifs is 1. The number of methoxy groups -OCH3 is 1. The van der Waals surface area contributed by atoms with Crippen LogP contribution in [0.4, 0.5) is 14.5 Å². The van der Waals surface area contributed by atoms with Crippen LogP contribution in [0.2, 0.25) is 5.02 Å². The summed E-state index contributed by atoms with van der Waals surface area (Å²) in [5, 5.41) is 0.263. The third-order valence-corrected chi connectivity index (χ3v) is 8.27. The molecule has 2 atom stereocenters. The molecule has 0 spiro atoms. The lowest BCUT2D eigenvalue weighted by molar-refractivity contribution is 0.174. The normalized spacial score (nSPS) is 18.0. The first-order valence-corrected chi connectivity index (χ1v) is 12.9. The molecule has 0 saturated heterocycles. The van der Waals surface area contributed by atoms with E-state index in [1.54, 1.807) is 44.2 Å². The van der Waals surface area contributed by atoms with Crippen LogP contribution in [0, 0.1) is 11.6 Å². The first-order valence-electron chi connectivity index (χ1n) is 11.1. The topological polar surface area (TPSA) is 81.9 Å². The van der Waals surface area contributed by atoms with Crippen molar-refractivity contribution >= 4 is 39.0 Å². The molecule has 0 amide bonds. The van der Waals surface area contributed by atoms with Crippen molar-refractivity contribution in [2.45, 2.75) is 30.9 Å². The lowest BCUT2D eigenvalue weighted by Crippen LogP contribution is -2.53. The summed E-state index contributed by atoms with van der Waals surface area (Å²) in [5.74, 6) is -1.02. The number of allylic oxidation sites excluding steroid dienone is 1. The second kappa shape index (κ2) is 10.1. The molecule has 190 valence electrons. The molecule has 0 fully saturated rings. The highest BCUT2D eigenvalue weighted by Gasteiger charge is 2.40. The van der Waals surface area contributed by atoms with E-state index in [9.17, 15) is 17.2 Å². The van der Waals surface area contributed by atoms with Gasteiger partial charge in [-0.2, -0.15) is 0 Å². The molecule has 0 saturated carbocycles. The SMILES string of the molecule is COc1cc(S(=O)(=O)N2c3cc(/C=C(\C)c4c(F)cccc4Cl)ccc3O[C@@H](CN)[C@H]2C)ccc1F. The summed E-state index contributed by atoms with van der Waals surface area (Å²) in [6, 6.07) is 12.1. The van der Waals surface area contributed by atoms with Gasteiger partial charge < -0.3 is 15.2 Å². The largest absolute Gasteiger partial charge is 0.494 e. The standard InChI is InChI=1S/C26H25ClF2N2O4S/c1-15(26-19(27)5-4-6-21(26)29)11-17-7-10-23-22(12-17)31(16(2)25(14-30)35-23)36(32,33)18-8-9-20(28)24(13-18)34-3/h4-13,16,25H,14,30H2,1-3H3/b15-11+/t16-,25+/m1/s1. The van der Waals surface area contributed by atoms with Crippen LogP contribution in [-0.4, -0.2) is 34.2 Å². The summed E-state index contributed by atoms with van der Waals surface area (Å²) in [6.45, 7) is 3.48. The third-order valence-electron chi connectivity index (χ3n) is 6.06. The molecule has 0 radical (unpaired) electrons. The highest BCUT2D eigenvalue weighted by Crippen LogP contribution is 2.41. The Bertz CT molecular complexity index is 1430. The van der Waals surface area contributed by atoms with Gasteiger partial charge in [-0.05, 0) is 61.4 Å². The summed E-state index contributed by atoms with van der Waals surface area (Å²) < 4.78 is 68.2. The molecule has 0 aliphatic carbocycles. The van der Waals surface area contributed by atoms with Crippen molar-refractivity contribution in [1.82, 2.24) is 0 Å². The summed E-state index contributed by atoms with van der Waals surface area (Å²) >= 11 is 6.21. The quantitative estimate of drug-likeness (QED) is 0.423. The number of nitrogens with two attached hydrogens (primary N) is 1. The van der Waals surface area contributed by atoms with Crippen LogP contribution >= 0.6 is 11.6 Å². The van der Waals surface area contributed by atoms with E-state index in [4.69, 9.17) is 26.8 Å². The average molecular weight is 535 g/mol. The Kier molecular flexibility index (Phi) is 7.26. The van der Waals surface area contributed by atoms with Crippen molar-refractivity contribution in [1.29, 1.82) is 0 Å². The van der Waals surface area contributed by atoms with E-state index in [2.05, 4.69) is 0 Å². The third kappa shape index (κ3) is 4.66. The van der Waals surface area contributed by atoms with Crippen LogP contribution in [0.15, 0.2) is 59.5 Å². The molecule has 10 heteroatoms. The first-order chi connectivity index (χ1) is 17.1. The Morgan fingerprint density at radius 2 is 1.92 bits per heavy atom. The van der Waals surface area contributed by atoms with Gasteiger partial charge in [-0.15, -0.1) is 0 Å². The molecular formula is C26H25ClF2N2O4S. The van der Waals surface area contributed by atoms with E-state index < -0.39 is 33.8 Å². The van der Waals surface area contributed by atoms with Crippen molar-refractivity contribution < 1.29 is 26.7 Å². The number of halogens is 3. The minimum Gasteiger partial charge on any atom is -0.494 e. The number of ether oxygens (including phenoxy) is 2. The zero-order valence-electron chi connectivity index (χ0n) is 19.8. The van der Waals surface area contributed by atoms with Crippen molar-refractivity contribution in [2.24, 2.45) is 5.73 Å². The van der Waals surface area contributed by atoms with Gasteiger partial charge in [-0.3, -0.25) is 4.31 Å². The van der Waals surface area contributed by atoms with Crippen LogP contribution in [0.5, 0.6) is 11.5 Å². The summed E-state index contributed by atoms with van der Waals surface area (Å²) in [4.78, 5) is -0.147. The van der Waals surface area contributed by atoms with E-state index in [-0.39, 0.29) is 33.5 Å². The Morgan fingerprint density at radius 1 is 1.17 bits per heavy atom. The van der Waals surface area contributed by atoms with Gasteiger partial charge in [0.15, 0.2) is 11.6 Å². The van der Waals surface area contributed by atoms with Gasteiger partial charge >= 0.3 is 0 Å². The van der Waals surface area contributed by atoms with E-state index in [1.165, 1.54) is 29.6 Å². The number of anilines is 1. The van der Waals surface area contributed by atoms with Crippen molar-refractivity contribution in [3.8, 4) is 11.5 Å². The molecular weight excluding hydrogens is 510 g/mol. The van der Waals surface area contributed by atoms with Gasteiger partial charge in [0.2, 0.25) is 0 Å². The second-order valence-corrected chi connectivity index (χ2v) is 10.6. The maximum atomic E-state index is 14.4. The van der Waals surface area contributed by atoms with Crippen molar-refractivity contribution in [2.75, 3.05) is 18.0 Å².